The van der Waals surface area contributed by atoms with Crippen molar-refractivity contribution in [2.24, 2.45) is 0 Å². The van der Waals surface area contributed by atoms with Crippen LogP contribution < -0.4 is 27.3 Å². The first-order valence-electron chi connectivity index (χ1n) is 17.5. The Bertz CT molecular complexity index is 3120. The van der Waals surface area contributed by atoms with Crippen LogP contribution in [0.25, 0.3) is 97.8 Å². The lowest BCUT2D eigenvalue weighted by Gasteiger charge is -2.20. The van der Waals surface area contributed by atoms with Crippen molar-refractivity contribution in [3.05, 3.63) is 133 Å². The lowest BCUT2D eigenvalue weighted by atomic mass is 9.60. The quantitative estimate of drug-likeness (QED) is 0.160. The normalized spacial score (nSPS) is 11.7. The molecule has 0 saturated carbocycles. The fourth-order valence-corrected chi connectivity index (χ4v) is 8.73. The molecular weight excluding hydrogens is 669 g/mol. The second-order valence-corrected chi connectivity index (χ2v) is 14.6. The minimum Gasteiger partial charge on any atom is -0.208 e. The monoisotopic (exact) mass is 691 g/mol. The third-order valence-electron chi connectivity index (χ3n) is 10.4. The van der Waals surface area contributed by atoms with Gasteiger partial charge in [-0.15, -0.1) is 27.7 Å². The highest BCUT2D eigenvalue weighted by Gasteiger charge is 2.19. The van der Waals surface area contributed by atoms with E-state index in [9.17, 15) is 0 Å². The predicted molar refractivity (Wildman–Crippen MR) is 234 cm³/mol. The molecule has 0 N–H and O–H groups in total. The Balaban J connectivity index is 1.11. The van der Waals surface area contributed by atoms with E-state index in [2.05, 4.69) is 97.1 Å². The molecular formula is C45H22B5N3S. The van der Waals surface area contributed by atoms with Gasteiger partial charge in [0, 0.05) is 36.9 Å². The van der Waals surface area contributed by atoms with Gasteiger partial charge in [-0.1, -0.05) is 120 Å². The van der Waals surface area contributed by atoms with Crippen LogP contribution in [-0.4, -0.2) is 54.2 Å². The molecule has 2 aromatic heterocycles. The van der Waals surface area contributed by atoms with Crippen LogP contribution >= 0.6 is 11.3 Å². The molecule has 0 spiro atoms. The first kappa shape index (κ1) is 32.7. The van der Waals surface area contributed by atoms with E-state index in [1.807, 2.05) is 36.4 Å². The van der Waals surface area contributed by atoms with Crippen molar-refractivity contribution in [1.82, 2.24) is 15.0 Å². The third kappa shape index (κ3) is 5.14. The van der Waals surface area contributed by atoms with E-state index in [-0.39, 0.29) is 33.1 Å². The van der Waals surface area contributed by atoms with Crippen LogP contribution in [-0.2, 0) is 0 Å². The van der Waals surface area contributed by atoms with Crippen molar-refractivity contribution >= 4 is 130 Å². The lowest BCUT2D eigenvalue weighted by molar-refractivity contribution is 1.08. The highest BCUT2D eigenvalue weighted by Crippen LogP contribution is 2.40. The summed E-state index contributed by atoms with van der Waals surface area (Å²) in [6.45, 7) is 0. The Morgan fingerprint density at radius 1 is 0.315 bits per heavy atom. The zero-order valence-corrected chi connectivity index (χ0v) is 29.7. The van der Waals surface area contributed by atoms with Gasteiger partial charge in [0.25, 0.3) is 0 Å². The first-order chi connectivity index (χ1) is 26.3. The highest BCUT2D eigenvalue weighted by molar-refractivity contribution is 7.25. The van der Waals surface area contributed by atoms with Crippen molar-refractivity contribution < 1.29 is 0 Å². The molecule has 10 radical (unpaired) electrons. The van der Waals surface area contributed by atoms with E-state index in [0.29, 0.717) is 17.2 Å². The van der Waals surface area contributed by atoms with Crippen LogP contribution in [0.2, 0.25) is 0 Å². The average Bonchev–Trinajstić information content (AvgIpc) is 3.60. The zero-order valence-electron chi connectivity index (χ0n) is 28.8. The SMILES string of the molecule is [B]c1c([B])c([B])c(-c2nc(-c3ccccc3)nc(-c3ccc4c(c3)sc3ccc(-c5ccc6c7ccccc7c7ccccc7c6c5)cc34)n2)c([B])c1[B]. The highest BCUT2D eigenvalue weighted by atomic mass is 32.1. The molecule has 10 aromatic rings. The van der Waals surface area contributed by atoms with E-state index in [4.69, 9.17) is 54.2 Å². The summed E-state index contributed by atoms with van der Waals surface area (Å²) in [6.07, 6.45) is 0. The fraction of sp³-hybridized carbons (Fsp3) is 0. The van der Waals surface area contributed by atoms with Gasteiger partial charge in [-0.3, -0.25) is 0 Å². The van der Waals surface area contributed by atoms with Gasteiger partial charge in [0.2, 0.25) is 0 Å². The fourth-order valence-electron chi connectivity index (χ4n) is 7.61. The van der Waals surface area contributed by atoms with E-state index in [0.717, 1.165) is 26.8 Å². The zero-order chi connectivity index (χ0) is 36.7. The van der Waals surface area contributed by atoms with Crippen molar-refractivity contribution in [3.8, 4) is 45.3 Å². The van der Waals surface area contributed by atoms with Crippen LogP contribution in [0.1, 0.15) is 0 Å². The second kappa shape index (κ2) is 12.6. The van der Waals surface area contributed by atoms with Gasteiger partial charge < -0.3 is 0 Å². The van der Waals surface area contributed by atoms with Gasteiger partial charge in [-0.05, 0) is 67.7 Å². The summed E-state index contributed by atoms with van der Waals surface area (Å²) in [5.74, 6) is 1.17. The smallest absolute Gasteiger partial charge is 0.164 e. The Labute approximate surface area is 322 Å². The summed E-state index contributed by atoms with van der Waals surface area (Å²) in [5.41, 5.74) is 5.02. The van der Waals surface area contributed by atoms with Crippen molar-refractivity contribution in [2.45, 2.75) is 0 Å². The maximum absolute atomic E-state index is 6.47. The summed E-state index contributed by atoms with van der Waals surface area (Å²) in [7, 11) is 31.5. The number of hydrogen-bond donors (Lipinski definition) is 0. The van der Waals surface area contributed by atoms with Crippen LogP contribution in [0.5, 0.6) is 0 Å². The Morgan fingerprint density at radius 3 is 1.43 bits per heavy atom. The molecule has 9 heteroatoms. The molecule has 8 aromatic carbocycles. The maximum atomic E-state index is 6.47. The summed E-state index contributed by atoms with van der Waals surface area (Å²) in [4.78, 5) is 14.6. The second-order valence-electron chi connectivity index (χ2n) is 13.5. The predicted octanol–water partition coefficient (Wildman–Crippen LogP) is 6.34. The van der Waals surface area contributed by atoms with Crippen LogP contribution in [0, 0.1) is 0 Å². The summed E-state index contributed by atoms with van der Waals surface area (Å²) >= 11 is 1.73. The maximum Gasteiger partial charge on any atom is 0.164 e. The van der Waals surface area contributed by atoms with Gasteiger partial charge in [0.1, 0.15) is 39.2 Å². The molecule has 0 fully saturated rings. The third-order valence-corrected chi connectivity index (χ3v) is 11.5. The van der Waals surface area contributed by atoms with E-state index < -0.39 is 0 Å². The van der Waals surface area contributed by atoms with Gasteiger partial charge in [0.05, 0.1) is 0 Å². The molecule has 2 heterocycles. The molecule has 54 heavy (non-hydrogen) atoms. The van der Waals surface area contributed by atoms with Crippen molar-refractivity contribution in [1.29, 1.82) is 0 Å². The molecule has 0 saturated heterocycles. The number of nitrogens with zero attached hydrogens (tertiary/aromatic N) is 3. The summed E-state index contributed by atoms with van der Waals surface area (Å²) < 4.78 is 2.30. The summed E-state index contributed by atoms with van der Waals surface area (Å²) in [6, 6.07) is 46.9. The van der Waals surface area contributed by atoms with Crippen LogP contribution in [0.15, 0.2) is 133 Å². The Hall–Kier alpha value is -5.91. The van der Waals surface area contributed by atoms with E-state index >= 15 is 0 Å². The topological polar surface area (TPSA) is 38.7 Å². The molecule has 0 aliphatic rings. The van der Waals surface area contributed by atoms with Gasteiger partial charge in [0.15, 0.2) is 17.5 Å². The van der Waals surface area contributed by atoms with Crippen LogP contribution in [0.3, 0.4) is 0 Å². The van der Waals surface area contributed by atoms with Gasteiger partial charge >= 0.3 is 0 Å². The molecule has 0 bridgehead atoms. The first-order valence-corrected chi connectivity index (χ1v) is 18.3. The number of rotatable bonds is 4. The Kier molecular flexibility index (Phi) is 7.64. The van der Waals surface area contributed by atoms with Gasteiger partial charge in [-0.2, -0.15) is 0 Å². The lowest BCUT2D eigenvalue weighted by Crippen LogP contribution is -2.55. The van der Waals surface area contributed by atoms with Gasteiger partial charge in [-0.25, -0.2) is 15.0 Å². The van der Waals surface area contributed by atoms with E-state index in [1.165, 1.54) is 48.0 Å². The molecule has 0 amide bonds. The minimum atomic E-state index is 0.132. The standard InChI is InChI=1S/C45H22B5N3S/c46-38-37(39(47)41(49)42(50)40(38)48)45-52-43(23-8-2-1-3-9-23)51-44(53-45)26-15-18-32-34-21-25(16-19-35(34)54-36(32)22-26)24-14-17-31-29-12-5-4-10-27(29)28-11-6-7-13-30(28)33(31)20-24/h1-22H. The molecule has 0 aliphatic heterocycles. The van der Waals surface area contributed by atoms with Crippen molar-refractivity contribution in [3.63, 3.8) is 0 Å². The molecule has 0 aliphatic carbocycles. The number of fused-ring (bicyclic) bond motifs is 9. The summed E-state index contributed by atoms with van der Waals surface area (Å²) in [5, 5.41) is 9.92. The molecule has 3 nitrogen and oxygen atoms in total. The van der Waals surface area contributed by atoms with Crippen molar-refractivity contribution in [2.75, 3.05) is 0 Å². The van der Waals surface area contributed by atoms with Crippen LogP contribution in [0.4, 0.5) is 0 Å². The molecule has 0 unspecified atom stereocenters. The number of aromatic nitrogens is 3. The Morgan fingerprint density at radius 2 is 0.778 bits per heavy atom. The minimum absolute atomic E-state index is 0.132. The average molecular weight is 691 g/mol. The van der Waals surface area contributed by atoms with E-state index in [1.54, 1.807) is 11.3 Å². The number of thiophene rings is 1. The largest absolute Gasteiger partial charge is 0.208 e. The number of hydrogen-bond acceptors (Lipinski definition) is 4. The molecule has 238 valence electrons. The molecule has 10 rings (SSSR count). The molecule has 0 atom stereocenters. The number of benzene rings is 8.